The first-order valence-electron chi connectivity index (χ1n) is 11.4. The highest BCUT2D eigenvalue weighted by molar-refractivity contribution is 7.99. The Morgan fingerprint density at radius 1 is 0.750 bits per heavy atom. The van der Waals surface area contributed by atoms with E-state index in [1.807, 2.05) is 0 Å². The Morgan fingerprint density at radius 2 is 1.19 bits per heavy atom. The molecule has 4 rings (SSSR count). The lowest BCUT2D eigenvalue weighted by Gasteiger charge is -2.33. The van der Waals surface area contributed by atoms with Crippen molar-refractivity contribution in [3.8, 4) is 0 Å². The highest BCUT2D eigenvalue weighted by atomic mass is 79.9. The number of hydrogen-bond acceptors (Lipinski definition) is 1. The third kappa shape index (κ3) is 4.77. The maximum Gasteiger partial charge on any atom is 0.143 e. The number of rotatable bonds is 7. The second kappa shape index (κ2) is 11.6. The van der Waals surface area contributed by atoms with Gasteiger partial charge in [0.2, 0.25) is 0 Å². The second-order valence-corrected chi connectivity index (χ2v) is 11.4. The molecule has 0 fully saturated rings. The fourth-order valence-electron chi connectivity index (χ4n) is 4.69. The van der Waals surface area contributed by atoms with E-state index in [0.29, 0.717) is 0 Å². The molecule has 0 N–H and O–H groups in total. The molecule has 0 atom stereocenters. The van der Waals surface area contributed by atoms with Crippen LogP contribution in [0.1, 0.15) is 46.0 Å². The van der Waals surface area contributed by atoms with E-state index >= 15 is 0 Å². The van der Waals surface area contributed by atoms with Crippen LogP contribution in [-0.4, -0.2) is 0 Å². The van der Waals surface area contributed by atoms with Gasteiger partial charge in [0, 0.05) is 19.3 Å². The molecule has 0 unspecified atom stereocenters. The topological polar surface area (TPSA) is 9.23 Å². The number of ether oxygens (including phenoxy) is 1. The van der Waals surface area contributed by atoms with Crippen LogP contribution in [0.15, 0.2) is 114 Å². The van der Waals surface area contributed by atoms with Gasteiger partial charge in [-0.25, -0.2) is 0 Å². The van der Waals surface area contributed by atoms with Crippen LogP contribution in [-0.2, 0) is 4.74 Å². The van der Waals surface area contributed by atoms with Gasteiger partial charge >= 0.3 is 0 Å². The number of benzene rings is 3. The summed E-state index contributed by atoms with van der Waals surface area (Å²) in [5.41, 5.74) is 0. The third-order valence-electron chi connectivity index (χ3n) is 6.15. The van der Waals surface area contributed by atoms with Gasteiger partial charge in [0.1, 0.15) is 34.2 Å². The minimum atomic E-state index is -2.03. The van der Waals surface area contributed by atoms with Crippen molar-refractivity contribution < 1.29 is 21.7 Å². The molecule has 0 saturated carbocycles. The highest BCUT2D eigenvalue weighted by Crippen LogP contribution is 2.66. The fourth-order valence-corrected chi connectivity index (χ4v) is 9.40. The van der Waals surface area contributed by atoms with Crippen molar-refractivity contribution in [3.63, 3.8) is 0 Å². The molecular weight excluding hydrogens is 475 g/mol. The normalized spacial score (nSPS) is 14.6. The minimum absolute atomic E-state index is 0. The van der Waals surface area contributed by atoms with Crippen molar-refractivity contribution in [1.82, 2.24) is 0 Å². The molecule has 0 aromatic heterocycles. The molecular formula is C29H32BrOP. The molecule has 3 aromatic carbocycles. The van der Waals surface area contributed by atoms with Crippen molar-refractivity contribution in [1.29, 1.82) is 0 Å². The molecule has 3 heteroatoms. The first-order chi connectivity index (χ1) is 15.3. The van der Waals surface area contributed by atoms with Gasteiger partial charge in [0.05, 0.1) is 5.76 Å². The molecule has 0 radical (unpaired) electrons. The molecule has 1 nitrogen and oxygen atoms in total. The van der Waals surface area contributed by atoms with Gasteiger partial charge in [0.25, 0.3) is 0 Å². The molecule has 0 aliphatic heterocycles. The van der Waals surface area contributed by atoms with E-state index in [2.05, 4.69) is 111 Å². The van der Waals surface area contributed by atoms with Crippen LogP contribution in [0.5, 0.6) is 0 Å². The molecule has 0 spiro atoms. The van der Waals surface area contributed by atoms with Gasteiger partial charge in [-0.15, -0.1) is 0 Å². The first kappa shape index (κ1) is 24.5. The summed E-state index contributed by atoms with van der Waals surface area (Å²) in [4.78, 5) is 0. The van der Waals surface area contributed by atoms with Gasteiger partial charge in [-0.3, -0.25) is 0 Å². The average molecular weight is 507 g/mol. The quantitative estimate of drug-likeness (QED) is 0.346. The van der Waals surface area contributed by atoms with E-state index in [-0.39, 0.29) is 17.0 Å². The Kier molecular flexibility index (Phi) is 8.91. The summed E-state index contributed by atoms with van der Waals surface area (Å²) in [5, 5.41) is 5.73. The van der Waals surface area contributed by atoms with Crippen molar-refractivity contribution in [3.05, 3.63) is 114 Å². The van der Waals surface area contributed by atoms with Crippen LogP contribution in [0, 0.1) is 0 Å². The highest BCUT2D eigenvalue weighted by Gasteiger charge is 2.51. The van der Waals surface area contributed by atoms with Gasteiger partial charge < -0.3 is 21.7 Å². The Bertz CT molecular complexity index is 946. The Labute approximate surface area is 204 Å². The summed E-state index contributed by atoms with van der Waals surface area (Å²) >= 11 is 0. The second-order valence-electron chi connectivity index (χ2n) is 7.97. The van der Waals surface area contributed by atoms with Crippen LogP contribution in [0.2, 0.25) is 0 Å². The predicted molar refractivity (Wildman–Crippen MR) is 136 cm³/mol. The maximum atomic E-state index is 6.64. The van der Waals surface area contributed by atoms with Crippen LogP contribution in [0.4, 0.5) is 0 Å². The molecule has 3 aromatic rings. The summed E-state index contributed by atoms with van der Waals surface area (Å²) in [7, 11) is -2.03. The SMILES string of the molecule is CC=C(CC)OC1=C([P+](c2ccccc2)(c2ccccc2)c2ccccc2)CCCC1.[Br-]. The molecule has 166 valence electrons. The van der Waals surface area contributed by atoms with E-state index in [9.17, 15) is 0 Å². The summed E-state index contributed by atoms with van der Waals surface area (Å²) < 4.78 is 6.64. The minimum Gasteiger partial charge on any atom is -1.00 e. The van der Waals surface area contributed by atoms with E-state index in [4.69, 9.17) is 4.74 Å². The summed E-state index contributed by atoms with van der Waals surface area (Å²) in [6.45, 7) is 4.25. The molecule has 1 aliphatic rings. The summed E-state index contributed by atoms with van der Waals surface area (Å²) in [6.07, 6.45) is 7.54. The Morgan fingerprint density at radius 3 is 1.59 bits per heavy atom. The van der Waals surface area contributed by atoms with Gasteiger partial charge in [0.15, 0.2) is 0 Å². The van der Waals surface area contributed by atoms with Crippen LogP contribution in [0.3, 0.4) is 0 Å². The smallest absolute Gasteiger partial charge is 0.143 e. The van der Waals surface area contributed by atoms with E-state index in [1.165, 1.54) is 39.8 Å². The number of halogens is 1. The van der Waals surface area contributed by atoms with Gasteiger partial charge in [-0.2, -0.15) is 0 Å². The monoisotopic (exact) mass is 506 g/mol. The van der Waals surface area contributed by atoms with Crippen molar-refractivity contribution in [2.75, 3.05) is 0 Å². The third-order valence-corrected chi connectivity index (χ3v) is 10.7. The fraction of sp³-hybridized carbons (Fsp3) is 0.241. The van der Waals surface area contributed by atoms with Crippen LogP contribution >= 0.6 is 7.26 Å². The lowest BCUT2D eigenvalue weighted by Crippen LogP contribution is -3.00. The zero-order chi connectivity index (χ0) is 21.5. The lowest BCUT2D eigenvalue weighted by atomic mass is 10.1. The zero-order valence-corrected chi connectivity index (χ0v) is 21.5. The first-order valence-corrected chi connectivity index (χ1v) is 13.2. The van der Waals surface area contributed by atoms with Crippen LogP contribution in [0.25, 0.3) is 0 Å². The molecule has 0 saturated heterocycles. The van der Waals surface area contributed by atoms with E-state index in [1.54, 1.807) is 0 Å². The molecule has 0 heterocycles. The molecule has 0 bridgehead atoms. The molecule has 1 aliphatic carbocycles. The number of hydrogen-bond donors (Lipinski definition) is 0. The zero-order valence-electron chi connectivity index (χ0n) is 19.0. The van der Waals surface area contributed by atoms with E-state index < -0.39 is 7.26 Å². The van der Waals surface area contributed by atoms with Crippen molar-refractivity contribution in [2.45, 2.75) is 46.0 Å². The van der Waals surface area contributed by atoms with Crippen LogP contribution < -0.4 is 32.9 Å². The predicted octanol–water partition coefficient (Wildman–Crippen LogP) is 4.10. The largest absolute Gasteiger partial charge is 1.00 e. The van der Waals surface area contributed by atoms with Crippen molar-refractivity contribution in [2.24, 2.45) is 0 Å². The van der Waals surface area contributed by atoms with Gasteiger partial charge in [-0.05, 0) is 62.2 Å². The Hall–Kier alpha value is -2.15. The summed E-state index contributed by atoms with van der Waals surface area (Å²) in [6, 6.07) is 33.4. The van der Waals surface area contributed by atoms with E-state index in [0.717, 1.165) is 25.0 Å². The summed E-state index contributed by atoms with van der Waals surface area (Å²) in [5.74, 6) is 2.27. The molecule has 32 heavy (non-hydrogen) atoms. The Balaban J connectivity index is 0.00000289. The number of allylic oxidation sites excluding steroid dienone is 4. The van der Waals surface area contributed by atoms with Gasteiger partial charge in [-0.1, -0.05) is 61.5 Å². The standard InChI is InChI=1S/C29H32OP.BrH/c1-3-24(4-2)30-28-22-14-15-23-29(28)31(25-16-8-5-9-17-25,26-18-10-6-11-19-26)27-20-12-7-13-21-27;/h3,5-13,16-21H,4,14-15,22-23H2,1-2H3;1H/q+1;/p-1. The molecule has 0 amide bonds. The lowest BCUT2D eigenvalue weighted by molar-refractivity contribution is -0.00000698. The average Bonchev–Trinajstić information content (AvgIpc) is 2.86. The maximum absolute atomic E-state index is 6.64. The van der Waals surface area contributed by atoms with Crippen molar-refractivity contribution >= 4 is 23.2 Å².